The minimum absolute atomic E-state index is 0.0114. The fourth-order valence-electron chi connectivity index (χ4n) is 7.23. The Balaban J connectivity index is 1.99. The molecule has 5 atom stereocenters. The molecule has 3 saturated heterocycles. The minimum Gasteiger partial charge on any atom is -0.466 e. The van der Waals surface area contributed by atoms with Gasteiger partial charge < -0.3 is 19.6 Å². The van der Waals surface area contributed by atoms with Gasteiger partial charge >= 0.3 is 5.97 Å². The molecular formula is C29H48N2O5S. The van der Waals surface area contributed by atoms with Crippen LogP contribution < -0.4 is 0 Å². The van der Waals surface area contributed by atoms with E-state index in [0.717, 1.165) is 44.9 Å². The molecule has 2 amide bonds. The molecule has 0 aromatic heterocycles. The smallest absolute Gasteiger partial charge is 0.310 e. The fourth-order valence-corrected chi connectivity index (χ4v) is 9.43. The zero-order valence-corrected chi connectivity index (χ0v) is 24.6. The lowest BCUT2D eigenvalue weighted by Crippen LogP contribution is -2.60. The molecule has 3 fully saturated rings. The van der Waals surface area contributed by atoms with E-state index in [2.05, 4.69) is 41.2 Å². The summed E-state index contributed by atoms with van der Waals surface area (Å²) in [5.41, 5.74) is -0.423. The molecule has 0 saturated carbocycles. The summed E-state index contributed by atoms with van der Waals surface area (Å²) in [6, 6.07) is -0.600. The molecule has 210 valence electrons. The van der Waals surface area contributed by atoms with Crippen LogP contribution in [0.5, 0.6) is 0 Å². The molecule has 3 heterocycles. The summed E-state index contributed by atoms with van der Waals surface area (Å²) >= 11 is 1.69. The van der Waals surface area contributed by atoms with E-state index in [9.17, 15) is 14.4 Å². The van der Waals surface area contributed by atoms with Crippen molar-refractivity contribution < 1.29 is 24.2 Å². The van der Waals surface area contributed by atoms with Crippen LogP contribution >= 0.6 is 11.8 Å². The second kappa shape index (κ2) is 11.7. The molecule has 1 spiro atoms. The molecule has 1 N–H and O–H groups in total. The number of nitrogens with zero attached hydrogens (tertiary/aromatic N) is 2. The maximum atomic E-state index is 14.6. The highest BCUT2D eigenvalue weighted by Crippen LogP contribution is 2.66. The number of fused-ring (bicyclic) bond motifs is 1. The lowest BCUT2D eigenvalue weighted by molar-refractivity contribution is -0.153. The average Bonchev–Trinajstić information content (AvgIpc) is 3.43. The molecule has 2 unspecified atom stereocenters. The molecule has 8 heteroatoms. The lowest BCUT2D eigenvalue weighted by Gasteiger charge is -2.46. The molecule has 3 aliphatic rings. The second-order valence-electron chi connectivity index (χ2n) is 12.8. The third kappa shape index (κ3) is 5.90. The molecule has 7 nitrogen and oxygen atoms in total. The SMILES string of the molecule is C=CCN(C(=O)C1N(CCCCCCO)C(=O)[C@@H]2[C@H](C(=O)OCC)[C@@H]3CCC12S3)C(C)(C)CC(C)(C)C. The number of carbonyl (C=O) groups excluding carboxylic acids is 3. The van der Waals surface area contributed by atoms with Gasteiger partial charge in [0.2, 0.25) is 11.8 Å². The van der Waals surface area contributed by atoms with Crippen molar-refractivity contribution in [2.75, 3.05) is 26.3 Å². The molecule has 3 aliphatic heterocycles. The predicted octanol–water partition coefficient (Wildman–Crippen LogP) is 4.42. The van der Waals surface area contributed by atoms with E-state index in [1.54, 1.807) is 29.7 Å². The zero-order valence-electron chi connectivity index (χ0n) is 23.8. The van der Waals surface area contributed by atoms with Crippen LogP contribution in [0.3, 0.4) is 0 Å². The van der Waals surface area contributed by atoms with Crippen molar-refractivity contribution in [2.45, 2.75) is 108 Å². The van der Waals surface area contributed by atoms with Gasteiger partial charge in [-0.25, -0.2) is 0 Å². The Bertz CT molecular complexity index is 869. The Kier molecular flexibility index (Phi) is 9.48. The number of hydrogen-bond donors (Lipinski definition) is 1. The van der Waals surface area contributed by atoms with Crippen molar-refractivity contribution in [3.05, 3.63) is 12.7 Å². The molecular weight excluding hydrogens is 488 g/mol. The normalized spacial score (nSPS) is 28.9. The Labute approximate surface area is 227 Å². The summed E-state index contributed by atoms with van der Waals surface area (Å²) in [4.78, 5) is 45.4. The number of esters is 1. The topological polar surface area (TPSA) is 87.2 Å². The van der Waals surface area contributed by atoms with Crippen LogP contribution in [-0.2, 0) is 19.1 Å². The van der Waals surface area contributed by atoms with E-state index in [0.29, 0.717) is 13.1 Å². The number of hydrogen-bond acceptors (Lipinski definition) is 6. The van der Waals surface area contributed by atoms with Gasteiger partial charge in [-0.1, -0.05) is 39.7 Å². The Hall–Kier alpha value is -1.54. The van der Waals surface area contributed by atoms with Crippen molar-refractivity contribution >= 4 is 29.5 Å². The minimum atomic E-state index is -0.600. The highest BCUT2D eigenvalue weighted by atomic mass is 32.2. The molecule has 3 rings (SSSR count). The van der Waals surface area contributed by atoms with Crippen LogP contribution in [0.1, 0.15) is 86.5 Å². The standard InChI is InChI=1S/C29H48N2O5S/c1-8-16-31(28(6,7)19-27(3,4)5)25(34)23-29-15-14-20(37-29)21(26(35)36-9-2)22(29)24(33)30(23)17-12-10-11-13-18-32/h8,20-23,32H,1,9-19H2,2-7H3/t20-,21+,22-,23?,29?/m0/s1. The number of unbranched alkanes of at least 4 members (excludes halogenated alkanes) is 3. The number of likely N-dealkylation sites (tertiary alicyclic amines) is 1. The Morgan fingerprint density at radius 2 is 1.89 bits per heavy atom. The van der Waals surface area contributed by atoms with Crippen molar-refractivity contribution in [3.8, 4) is 0 Å². The third-order valence-corrected chi connectivity index (χ3v) is 10.1. The van der Waals surface area contributed by atoms with E-state index in [4.69, 9.17) is 9.84 Å². The number of carbonyl (C=O) groups is 3. The van der Waals surface area contributed by atoms with E-state index in [1.807, 2.05) is 4.90 Å². The van der Waals surface area contributed by atoms with E-state index < -0.39 is 28.2 Å². The summed E-state index contributed by atoms with van der Waals surface area (Å²) in [5, 5.41) is 9.16. The van der Waals surface area contributed by atoms with Crippen LogP contribution in [-0.4, -0.2) is 80.6 Å². The number of aliphatic hydroxyl groups is 1. The van der Waals surface area contributed by atoms with Crippen LogP contribution in [0.15, 0.2) is 12.7 Å². The van der Waals surface area contributed by atoms with E-state index >= 15 is 0 Å². The molecule has 0 aromatic carbocycles. The fraction of sp³-hybridized carbons (Fsp3) is 0.828. The van der Waals surface area contributed by atoms with Gasteiger partial charge in [0.25, 0.3) is 0 Å². The summed E-state index contributed by atoms with van der Waals surface area (Å²) in [6.45, 7) is 17.8. The summed E-state index contributed by atoms with van der Waals surface area (Å²) < 4.78 is 4.83. The first-order chi connectivity index (χ1) is 17.3. The van der Waals surface area contributed by atoms with Crippen molar-refractivity contribution in [1.82, 2.24) is 9.80 Å². The predicted molar refractivity (Wildman–Crippen MR) is 148 cm³/mol. The average molecular weight is 537 g/mol. The van der Waals surface area contributed by atoms with Gasteiger partial charge in [-0.2, -0.15) is 0 Å². The first kappa shape index (κ1) is 30.0. The molecule has 37 heavy (non-hydrogen) atoms. The number of aliphatic hydroxyl groups excluding tert-OH is 1. The third-order valence-electron chi connectivity index (χ3n) is 8.17. The maximum Gasteiger partial charge on any atom is 0.310 e. The van der Waals surface area contributed by atoms with Gasteiger partial charge in [0, 0.05) is 30.5 Å². The summed E-state index contributed by atoms with van der Waals surface area (Å²) in [7, 11) is 0. The maximum absolute atomic E-state index is 14.6. The van der Waals surface area contributed by atoms with Gasteiger partial charge in [0.05, 0.1) is 23.2 Å². The van der Waals surface area contributed by atoms with Crippen LogP contribution in [0.4, 0.5) is 0 Å². The first-order valence-corrected chi connectivity index (χ1v) is 14.9. The first-order valence-electron chi connectivity index (χ1n) is 14.0. The highest BCUT2D eigenvalue weighted by Gasteiger charge is 2.74. The van der Waals surface area contributed by atoms with Crippen LogP contribution in [0, 0.1) is 17.3 Å². The monoisotopic (exact) mass is 536 g/mol. The van der Waals surface area contributed by atoms with Crippen molar-refractivity contribution in [1.29, 1.82) is 0 Å². The largest absolute Gasteiger partial charge is 0.466 e. The summed E-state index contributed by atoms with van der Waals surface area (Å²) in [5.74, 6) is -1.40. The van der Waals surface area contributed by atoms with Gasteiger partial charge in [-0.05, 0) is 58.3 Å². The number of amides is 2. The van der Waals surface area contributed by atoms with Gasteiger partial charge in [0.1, 0.15) is 6.04 Å². The highest BCUT2D eigenvalue weighted by molar-refractivity contribution is 8.02. The lowest BCUT2D eigenvalue weighted by atomic mass is 9.71. The Morgan fingerprint density at radius 1 is 1.22 bits per heavy atom. The van der Waals surface area contributed by atoms with Gasteiger partial charge in [-0.15, -0.1) is 18.3 Å². The van der Waals surface area contributed by atoms with Crippen molar-refractivity contribution in [2.24, 2.45) is 17.3 Å². The van der Waals surface area contributed by atoms with Gasteiger partial charge in [0.15, 0.2) is 0 Å². The summed E-state index contributed by atoms with van der Waals surface area (Å²) in [6.07, 6.45) is 7.42. The zero-order chi connectivity index (χ0) is 27.6. The molecule has 0 aliphatic carbocycles. The second-order valence-corrected chi connectivity index (χ2v) is 14.4. The van der Waals surface area contributed by atoms with Crippen molar-refractivity contribution in [3.63, 3.8) is 0 Å². The molecule has 0 aromatic rings. The van der Waals surface area contributed by atoms with Gasteiger partial charge in [-0.3, -0.25) is 14.4 Å². The number of ether oxygens (including phenoxy) is 1. The molecule has 2 bridgehead atoms. The van der Waals surface area contributed by atoms with E-state index in [-0.39, 0.29) is 41.7 Å². The Morgan fingerprint density at radius 3 is 2.49 bits per heavy atom. The van der Waals surface area contributed by atoms with Crippen LogP contribution in [0.25, 0.3) is 0 Å². The molecule has 0 radical (unpaired) electrons. The number of thioether (sulfide) groups is 1. The van der Waals surface area contributed by atoms with Crippen LogP contribution in [0.2, 0.25) is 0 Å². The van der Waals surface area contributed by atoms with E-state index in [1.165, 1.54) is 0 Å². The quantitative estimate of drug-likeness (QED) is 0.213. The number of rotatable bonds is 13.